The average molecular weight is 195 g/mol. The molecule has 2 aromatic rings. The fourth-order valence-corrected chi connectivity index (χ4v) is 1.81. The lowest BCUT2D eigenvalue weighted by atomic mass is 10.4. The van der Waals surface area contributed by atoms with E-state index in [2.05, 4.69) is 45.0 Å². The Morgan fingerprint density at radius 2 is 2.46 bits per heavy atom. The summed E-state index contributed by atoms with van der Waals surface area (Å²) in [5.41, 5.74) is 0. The van der Waals surface area contributed by atoms with Gasteiger partial charge in [0.15, 0.2) is 0 Å². The fourth-order valence-electron chi connectivity index (χ4n) is 0.983. The predicted molar refractivity (Wildman–Crippen MR) is 50.6 cm³/mol. The maximum Gasteiger partial charge on any atom is 0.263 e. The standard InChI is InChI=1S/C7H9N5S/c1-5-2-3-6(13-5)4-8-7-9-11-12-10-7/h2-3H,4H2,1H3,(H2,8,9,10,11,12). The van der Waals surface area contributed by atoms with Crippen LogP contribution in [0.15, 0.2) is 12.1 Å². The lowest BCUT2D eigenvalue weighted by Crippen LogP contribution is -1.98. The number of rotatable bonds is 3. The van der Waals surface area contributed by atoms with Gasteiger partial charge in [-0.25, -0.2) is 0 Å². The predicted octanol–water partition coefficient (Wildman–Crippen LogP) is 1.18. The van der Waals surface area contributed by atoms with E-state index in [-0.39, 0.29) is 0 Å². The van der Waals surface area contributed by atoms with Crippen LogP contribution in [0, 0.1) is 6.92 Å². The highest BCUT2D eigenvalue weighted by Gasteiger charge is 1.98. The second-order valence-electron chi connectivity index (χ2n) is 2.60. The molecule has 0 aromatic carbocycles. The second-order valence-corrected chi connectivity index (χ2v) is 3.97. The molecular formula is C7H9N5S. The van der Waals surface area contributed by atoms with Crippen LogP contribution in [0.3, 0.4) is 0 Å². The molecule has 0 aliphatic rings. The number of H-pyrrole nitrogens is 1. The first-order valence-corrected chi connectivity index (χ1v) is 4.69. The summed E-state index contributed by atoms with van der Waals surface area (Å²) in [6.45, 7) is 2.83. The van der Waals surface area contributed by atoms with Crippen LogP contribution in [0.2, 0.25) is 0 Å². The van der Waals surface area contributed by atoms with E-state index < -0.39 is 0 Å². The molecule has 0 radical (unpaired) electrons. The van der Waals surface area contributed by atoms with E-state index in [1.54, 1.807) is 11.3 Å². The van der Waals surface area contributed by atoms with Crippen LogP contribution in [0.4, 0.5) is 5.95 Å². The van der Waals surface area contributed by atoms with Crippen molar-refractivity contribution in [3.05, 3.63) is 21.9 Å². The third kappa shape index (κ3) is 2.03. The first kappa shape index (κ1) is 8.18. The van der Waals surface area contributed by atoms with Gasteiger partial charge in [-0.15, -0.1) is 16.4 Å². The van der Waals surface area contributed by atoms with Crippen molar-refractivity contribution in [2.75, 3.05) is 5.32 Å². The van der Waals surface area contributed by atoms with Gasteiger partial charge in [-0.3, -0.25) is 0 Å². The van der Waals surface area contributed by atoms with E-state index in [1.807, 2.05) is 0 Å². The molecule has 2 aromatic heterocycles. The van der Waals surface area contributed by atoms with Gasteiger partial charge in [0.2, 0.25) is 0 Å². The van der Waals surface area contributed by atoms with Crippen LogP contribution in [-0.2, 0) is 6.54 Å². The van der Waals surface area contributed by atoms with Gasteiger partial charge in [0.1, 0.15) is 0 Å². The maximum atomic E-state index is 3.78. The third-order valence-corrected chi connectivity index (χ3v) is 2.56. The van der Waals surface area contributed by atoms with Crippen molar-refractivity contribution < 1.29 is 0 Å². The Morgan fingerprint density at radius 1 is 1.54 bits per heavy atom. The van der Waals surface area contributed by atoms with Crippen molar-refractivity contribution in [2.45, 2.75) is 13.5 Å². The van der Waals surface area contributed by atoms with E-state index in [0.717, 1.165) is 6.54 Å². The second kappa shape index (κ2) is 3.53. The van der Waals surface area contributed by atoms with Crippen molar-refractivity contribution in [2.24, 2.45) is 0 Å². The molecule has 0 unspecified atom stereocenters. The molecule has 0 bridgehead atoms. The number of anilines is 1. The zero-order valence-electron chi connectivity index (χ0n) is 7.11. The minimum Gasteiger partial charge on any atom is -0.347 e. The summed E-state index contributed by atoms with van der Waals surface area (Å²) in [4.78, 5) is 2.58. The summed E-state index contributed by atoms with van der Waals surface area (Å²) in [5.74, 6) is 0.533. The van der Waals surface area contributed by atoms with Crippen LogP contribution in [0.5, 0.6) is 0 Å². The van der Waals surface area contributed by atoms with Gasteiger partial charge >= 0.3 is 0 Å². The third-order valence-electron chi connectivity index (χ3n) is 1.56. The molecule has 5 nitrogen and oxygen atoms in total. The SMILES string of the molecule is Cc1ccc(CNc2nn[nH]n2)s1. The monoisotopic (exact) mass is 195 g/mol. The topological polar surface area (TPSA) is 66.5 Å². The lowest BCUT2D eigenvalue weighted by molar-refractivity contribution is 0.881. The number of thiophene rings is 1. The molecule has 0 amide bonds. The van der Waals surface area contributed by atoms with Gasteiger partial charge in [0.25, 0.3) is 5.95 Å². The number of nitrogens with one attached hydrogen (secondary N) is 2. The molecule has 13 heavy (non-hydrogen) atoms. The van der Waals surface area contributed by atoms with Gasteiger partial charge < -0.3 is 5.32 Å². The number of aromatic amines is 1. The zero-order valence-corrected chi connectivity index (χ0v) is 7.93. The molecule has 0 aliphatic carbocycles. The Morgan fingerprint density at radius 3 is 3.08 bits per heavy atom. The van der Waals surface area contributed by atoms with Crippen LogP contribution in [-0.4, -0.2) is 20.6 Å². The molecule has 2 rings (SSSR count). The number of aryl methyl sites for hydroxylation is 1. The highest BCUT2D eigenvalue weighted by Crippen LogP contribution is 2.15. The normalized spacial score (nSPS) is 10.2. The van der Waals surface area contributed by atoms with E-state index in [0.29, 0.717) is 5.95 Å². The first-order valence-electron chi connectivity index (χ1n) is 3.87. The van der Waals surface area contributed by atoms with E-state index >= 15 is 0 Å². The van der Waals surface area contributed by atoms with Crippen molar-refractivity contribution in [3.8, 4) is 0 Å². The van der Waals surface area contributed by atoms with Crippen LogP contribution >= 0.6 is 11.3 Å². The van der Waals surface area contributed by atoms with Gasteiger partial charge in [-0.1, -0.05) is 5.10 Å². The van der Waals surface area contributed by atoms with Crippen molar-refractivity contribution in [3.63, 3.8) is 0 Å². The molecule has 2 heterocycles. The lowest BCUT2D eigenvalue weighted by Gasteiger charge is -1.96. The minimum atomic E-state index is 0.533. The van der Waals surface area contributed by atoms with Crippen molar-refractivity contribution >= 4 is 17.3 Å². The largest absolute Gasteiger partial charge is 0.347 e. The van der Waals surface area contributed by atoms with Crippen LogP contribution in [0.1, 0.15) is 9.75 Å². The fraction of sp³-hybridized carbons (Fsp3) is 0.286. The number of nitrogens with zero attached hydrogens (tertiary/aromatic N) is 3. The molecule has 0 spiro atoms. The highest BCUT2D eigenvalue weighted by atomic mass is 32.1. The van der Waals surface area contributed by atoms with Gasteiger partial charge in [-0.2, -0.15) is 5.21 Å². The Balaban J connectivity index is 1.93. The van der Waals surface area contributed by atoms with E-state index in [4.69, 9.17) is 0 Å². The summed E-state index contributed by atoms with van der Waals surface area (Å²) in [6, 6.07) is 4.19. The quantitative estimate of drug-likeness (QED) is 0.771. The summed E-state index contributed by atoms with van der Waals surface area (Å²) < 4.78 is 0. The summed E-state index contributed by atoms with van der Waals surface area (Å²) >= 11 is 1.76. The number of tetrazole rings is 1. The molecule has 68 valence electrons. The Hall–Kier alpha value is -1.43. The van der Waals surface area contributed by atoms with Crippen LogP contribution in [0.25, 0.3) is 0 Å². The Labute approximate surface area is 79.2 Å². The summed E-state index contributed by atoms with van der Waals surface area (Å²) in [6.07, 6.45) is 0. The summed E-state index contributed by atoms with van der Waals surface area (Å²) in [5, 5.41) is 16.4. The van der Waals surface area contributed by atoms with Gasteiger partial charge in [-0.05, 0) is 24.3 Å². The van der Waals surface area contributed by atoms with E-state index in [1.165, 1.54) is 9.75 Å². The smallest absolute Gasteiger partial charge is 0.263 e. The maximum absolute atomic E-state index is 3.78. The van der Waals surface area contributed by atoms with Gasteiger partial charge in [0.05, 0.1) is 6.54 Å². The zero-order chi connectivity index (χ0) is 9.10. The molecule has 0 saturated carbocycles. The molecule has 0 aliphatic heterocycles. The van der Waals surface area contributed by atoms with Crippen molar-refractivity contribution in [1.29, 1.82) is 0 Å². The van der Waals surface area contributed by atoms with Crippen molar-refractivity contribution in [1.82, 2.24) is 20.6 Å². The van der Waals surface area contributed by atoms with E-state index in [9.17, 15) is 0 Å². The molecule has 0 atom stereocenters. The average Bonchev–Trinajstić information content (AvgIpc) is 2.71. The Bertz CT molecular complexity index is 366. The molecule has 2 N–H and O–H groups in total. The minimum absolute atomic E-state index is 0.533. The number of aromatic nitrogens is 4. The number of hydrogen-bond donors (Lipinski definition) is 2. The Kier molecular flexibility index (Phi) is 2.22. The number of hydrogen-bond acceptors (Lipinski definition) is 5. The molecular weight excluding hydrogens is 186 g/mol. The first-order chi connectivity index (χ1) is 6.34. The summed E-state index contributed by atoms with van der Waals surface area (Å²) in [7, 11) is 0. The molecule has 6 heteroatoms. The van der Waals surface area contributed by atoms with Gasteiger partial charge in [0, 0.05) is 9.75 Å². The van der Waals surface area contributed by atoms with Crippen LogP contribution < -0.4 is 5.32 Å². The molecule has 0 fully saturated rings. The molecule has 0 saturated heterocycles. The highest BCUT2D eigenvalue weighted by molar-refractivity contribution is 7.11.